The van der Waals surface area contributed by atoms with Gasteiger partial charge in [0, 0.05) is 0 Å². The normalized spacial score (nSPS) is 16.0. The predicted octanol–water partition coefficient (Wildman–Crippen LogP) is 3.46. The average molecular weight is 414 g/mol. The van der Waals surface area contributed by atoms with Gasteiger partial charge in [0.05, 0.1) is 5.69 Å². The number of nitrogens with one attached hydrogen (secondary N) is 1. The highest BCUT2D eigenvalue weighted by atomic mass is 16.7. The molecule has 3 aromatic carbocycles. The largest absolute Gasteiger partial charge is 0.489 e. The van der Waals surface area contributed by atoms with Crippen LogP contribution in [0.3, 0.4) is 0 Å². The summed E-state index contributed by atoms with van der Waals surface area (Å²) in [6.45, 7) is 0.615. The van der Waals surface area contributed by atoms with Crippen molar-refractivity contribution in [3.8, 4) is 17.2 Å². The molecule has 3 aromatic rings. The third-order valence-corrected chi connectivity index (χ3v) is 4.94. The second kappa shape index (κ2) is 7.87. The molecule has 0 unspecified atom stereocenters. The Kier molecular flexibility index (Phi) is 4.76. The lowest BCUT2D eigenvalue weighted by Crippen LogP contribution is -2.35. The lowest BCUT2D eigenvalue weighted by atomic mass is 10.1. The van der Waals surface area contributed by atoms with Gasteiger partial charge in [-0.15, -0.1) is 0 Å². The molecule has 0 bridgehead atoms. The maximum absolute atomic E-state index is 12.7. The second-order valence-electron chi connectivity index (χ2n) is 7.02. The molecule has 1 fully saturated rings. The summed E-state index contributed by atoms with van der Waals surface area (Å²) in [6.07, 6.45) is 1.57. The topological polar surface area (TPSA) is 77.1 Å². The standard InChI is InChI=1S/C24H18N2O5/c27-23-20(24(28)26(25-23)18-4-2-1-3-5-18)12-16-6-9-19(10-7-16)29-14-17-8-11-21-22(13-17)31-15-30-21/h1-13H,14-15H2,(H,25,27). The third-order valence-electron chi connectivity index (χ3n) is 4.94. The minimum absolute atomic E-state index is 0.0814. The van der Waals surface area contributed by atoms with Gasteiger partial charge < -0.3 is 14.2 Å². The van der Waals surface area contributed by atoms with Gasteiger partial charge in [0.2, 0.25) is 6.79 Å². The summed E-state index contributed by atoms with van der Waals surface area (Å²) in [6, 6.07) is 21.8. The van der Waals surface area contributed by atoms with Gasteiger partial charge in [-0.25, -0.2) is 5.01 Å². The number of hydrazine groups is 1. The molecule has 5 rings (SSSR count). The molecule has 1 N–H and O–H groups in total. The summed E-state index contributed by atoms with van der Waals surface area (Å²) >= 11 is 0. The molecular weight excluding hydrogens is 396 g/mol. The van der Waals surface area contributed by atoms with E-state index in [1.165, 1.54) is 5.01 Å². The molecule has 2 heterocycles. The van der Waals surface area contributed by atoms with Crippen LogP contribution in [0.15, 0.2) is 78.4 Å². The fraction of sp³-hybridized carbons (Fsp3) is 0.0833. The summed E-state index contributed by atoms with van der Waals surface area (Å²) in [7, 11) is 0. The van der Waals surface area contributed by atoms with E-state index in [4.69, 9.17) is 14.2 Å². The molecule has 31 heavy (non-hydrogen) atoms. The van der Waals surface area contributed by atoms with Crippen LogP contribution >= 0.6 is 0 Å². The Morgan fingerprint density at radius 2 is 1.71 bits per heavy atom. The summed E-state index contributed by atoms with van der Waals surface area (Å²) < 4.78 is 16.5. The molecule has 0 spiro atoms. The van der Waals surface area contributed by atoms with Crippen LogP contribution in [0, 0.1) is 0 Å². The van der Waals surface area contributed by atoms with Crippen molar-refractivity contribution in [2.45, 2.75) is 6.61 Å². The van der Waals surface area contributed by atoms with Gasteiger partial charge in [-0.2, -0.15) is 0 Å². The summed E-state index contributed by atoms with van der Waals surface area (Å²) in [5.41, 5.74) is 4.97. The molecule has 2 amide bonds. The Morgan fingerprint density at radius 3 is 2.52 bits per heavy atom. The minimum Gasteiger partial charge on any atom is -0.489 e. The van der Waals surface area contributed by atoms with Crippen LogP contribution in [-0.2, 0) is 16.2 Å². The number of amides is 2. The van der Waals surface area contributed by atoms with Gasteiger partial charge in [-0.1, -0.05) is 36.4 Å². The van der Waals surface area contributed by atoms with Crippen molar-refractivity contribution < 1.29 is 23.8 Å². The van der Waals surface area contributed by atoms with E-state index in [0.717, 1.165) is 16.9 Å². The van der Waals surface area contributed by atoms with Crippen molar-refractivity contribution in [1.29, 1.82) is 0 Å². The fourth-order valence-electron chi connectivity index (χ4n) is 3.34. The molecule has 0 aromatic heterocycles. The van der Waals surface area contributed by atoms with Crippen LogP contribution in [0.25, 0.3) is 6.08 Å². The molecule has 0 aliphatic carbocycles. The number of fused-ring (bicyclic) bond motifs is 1. The van der Waals surface area contributed by atoms with Crippen molar-refractivity contribution in [3.05, 3.63) is 89.5 Å². The van der Waals surface area contributed by atoms with E-state index in [1.807, 2.05) is 24.3 Å². The number of para-hydroxylation sites is 1. The Morgan fingerprint density at radius 1 is 0.935 bits per heavy atom. The van der Waals surface area contributed by atoms with E-state index in [-0.39, 0.29) is 18.3 Å². The summed E-state index contributed by atoms with van der Waals surface area (Å²) in [4.78, 5) is 25.0. The van der Waals surface area contributed by atoms with Crippen LogP contribution in [0.2, 0.25) is 0 Å². The van der Waals surface area contributed by atoms with Crippen molar-refractivity contribution in [2.24, 2.45) is 0 Å². The van der Waals surface area contributed by atoms with Crippen LogP contribution < -0.4 is 24.6 Å². The van der Waals surface area contributed by atoms with Crippen molar-refractivity contribution in [2.75, 3.05) is 11.8 Å². The number of hydrogen-bond acceptors (Lipinski definition) is 5. The smallest absolute Gasteiger partial charge is 0.282 e. The number of hydrogen-bond donors (Lipinski definition) is 1. The van der Waals surface area contributed by atoms with Crippen LogP contribution in [0.1, 0.15) is 11.1 Å². The lowest BCUT2D eigenvalue weighted by molar-refractivity contribution is -0.117. The van der Waals surface area contributed by atoms with Crippen LogP contribution in [0.4, 0.5) is 5.69 Å². The van der Waals surface area contributed by atoms with E-state index in [2.05, 4.69) is 5.43 Å². The SMILES string of the molecule is O=C1NN(c2ccccc2)C(=O)C1=Cc1ccc(OCc2ccc3c(c2)OCO3)cc1. The third kappa shape index (κ3) is 3.81. The number of carbonyl (C=O) groups excluding carboxylic acids is 2. The molecule has 7 nitrogen and oxygen atoms in total. The first-order valence-electron chi connectivity index (χ1n) is 9.71. The zero-order valence-electron chi connectivity index (χ0n) is 16.4. The first-order valence-corrected chi connectivity index (χ1v) is 9.71. The van der Waals surface area contributed by atoms with Crippen LogP contribution in [0.5, 0.6) is 17.2 Å². The van der Waals surface area contributed by atoms with E-state index in [0.29, 0.717) is 23.8 Å². The van der Waals surface area contributed by atoms with Gasteiger partial charge in [0.25, 0.3) is 11.8 Å². The predicted molar refractivity (Wildman–Crippen MR) is 113 cm³/mol. The van der Waals surface area contributed by atoms with Crippen molar-refractivity contribution in [1.82, 2.24) is 5.43 Å². The average Bonchev–Trinajstić information content (AvgIpc) is 3.38. The number of carbonyl (C=O) groups is 2. The Bertz CT molecular complexity index is 1170. The minimum atomic E-state index is -0.433. The van der Waals surface area contributed by atoms with E-state index in [9.17, 15) is 9.59 Å². The number of rotatable bonds is 5. The molecule has 2 aliphatic heterocycles. The molecule has 1 saturated heterocycles. The molecular formula is C24H18N2O5. The lowest BCUT2D eigenvalue weighted by Gasteiger charge is -2.13. The second-order valence-corrected chi connectivity index (χ2v) is 7.02. The van der Waals surface area contributed by atoms with E-state index >= 15 is 0 Å². The highest BCUT2D eigenvalue weighted by Gasteiger charge is 2.34. The monoisotopic (exact) mass is 414 g/mol. The maximum atomic E-state index is 12.7. The molecule has 2 aliphatic rings. The zero-order chi connectivity index (χ0) is 21.2. The molecule has 0 saturated carbocycles. The zero-order valence-corrected chi connectivity index (χ0v) is 16.4. The first-order chi connectivity index (χ1) is 15.2. The molecule has 0 atom stereocenters. The molecule has 7 heteroatoms. The van der Waals surface area contributed by atoms with Crippen LogP contribution in [-0.4, -0.2) is 18.6 Å². The van der Waals surface area contributed by atoms with E-state index in [1.54, 1.807) is 54.6 Å². The quantitative estimate of drug-likeness (QED) is 0.511. The maximum Gasteiger partial charge on any atom is 0.282 e. The number of ether oxygens (including phenoxy) is 3. The number of benzene rings is 3. The Balaban J connectivity index is 1.26. The highest BCUT2D eigenvalue weighted by molar-refractivity contribution is 6.31. The van der Waals surface area contributed by atoms with Gasteiger partial charge in [-0.3, -0.25) is 15.0 Å². The molecule has 154 valence electrons. The van der Waals surface area contributed by atoms with Crippen molar-refractivity contribution in [3.63, 3.8) is 0 Å². The Hall–Kier alpha value is -4.26. The summed E-state index contributed by atoms with van der Waals surface area (Å²) in [5, 5.41) is 1.25. The van der Waals surface area contributed by atoms with Gasteiger partial charge in [0.15, 0.2) is 11.5 Å². The molecule has 0 radical (unpaired) electrons. The van der Waals surface area contributed by atoms with Crippen molar-refractivity contribution >= 4 is 23.6 Å². The fourth-order valence-corrected chi connectivity index (χ4v) is 3.34. The van der Waals surface area contributed by atoms with Gasteiger partial charge in [0.1, 0.15) is 17.9 Å². The van der Waals surface area contributed by atoms with Gasteiger partial charge in [-0.05, 0) is 53.6 Å². The highest BCUT2D eigenvalue weighted by Crippen LogP contribution is 2.32. The number of anilines is 1. The Labute approximate surface area is 178 Å². The van der Waals surface area contributed by atoms with Gasteiger partial charge >= 0.3 is 0 Å². The number of nitrogens with zero attached hydrogens (tertiary/aromatic N) is 1. The first kappa shape index (κ1) is 18.7. The summed E-state index contributed by atoms with van der Waals surface area (Å²) in [5.74, 6) is 1.30. The van der Waals surface area contributed by atoms with E-state index < -0.39 is 5.91 Å².